The van der Waals surface area contributed by atoms with E-state index in [4.69, 9.17) is 4.42 Å². The molecule has 1 aromatic heterocycles. The van der Waals surface area contributed by atoms with Gasteiger partial charge in [0.1, 0.15) is 5.76 Å². The Hall–Kier alpha value is -2.38. The number of amides is 2. The number of carboxylic acid groups (broad SMARTS) is 1. The highest BCUT2D eigenvalue weighted by atomic mass is 16.4. The molecule has 1 spiro atoms. The van der Waals surface area contributed by atoms with E-state index in [0.717, 1.165) is 12.8 Å². The fourth-order valence-electron chi connectivity index (χ4n) is 3.90. The molecule has 4 rings (SSSR count). The molecule has 2 aliphatic heterocycles. The average Bonchev–Trinajstić information content (AvgIpc) is 3.19. The second-order valence-electron chi connectivity index (χ2n) is 6.93. The Morgan fingerprint density at radius 1 is 1.33 bits per heavy atom. The monoisotopic (exact) mass is 333 g/mol. The van der Waals surface area contributed by atoms with Crippen LogP contribution in [0, 0.1) is 5.92 Å². The molecule has 2 amide bonds. The standard InChI is InChI=1S/C16H19N3O5/c20-11-7-10(15(22)23)16(18-11)3-5-19(6-4-16)14(21)12-13(9-1-2-9)24-8-17-12/h8-10H,1-7H2,(H,18,20)(H,22,23). The molecule has 0 radical (unpaired) electrons. The molecule has 1 atom stereocenters. The van der Waals surface area contributed by atoms with E-state index in [0.29, 0.717) is 43.3 Å². The normalized spacial score (nSPS) is 25.8. The van der Waals surface area contributed by atoms with Crippen molar-refractivity contribution in [3.8, 4) is 0 Å². The highest BCUT2D eigenvalue weighted by Crippen LogP contribution is 2.42. The van der Waals surface area contributed by atoms with Gasteiger partial charge in [-0.05, 0) is 25.7 Å². The van der Waals surface area contributed by atoms with Crippen LogP contribution in [0.15, 0.2) is 10.8 Å². The van der Waals surface area contributed by atoms with Crippen molar-refractivity contribution in [3.05, 3.63) is 17.8 Å². The molecule has 2 saturated heterocycles. The van der Waals surface area contributed by atoms with Gasteiger partial charge in [-0.15, -0.1) is 0 Å². The van der Waals surface area contributed by atoms with Gasteiger partial charge < -0.3 is 19.7 Å². The van der Waals surface area contributed by atoms with E-state index in [2.05, 4.69) is 10.3 Å². The van der Waals surface area contributed by atoms with E-state index in [1.165, 1.54) is 6.39 Å². The van der Waals surface area contributed by atoms with Gasteiger partial charge in [0.15, 0.2) is 12.1 Å². The molecule has 2 N–H and O–H groups in total. The summed E-state index contributed by atoms with van der Waals surface area (Å²) in [7, 11) is 0. The minimum absolute atomic E-state index is 0.0123. The number of carbonyl (C=O) groups excluding carboxylic acids is 2. The Morgan fingerprint density at radius 3 is 2.67 bits per heavy atom. The van der Waals surface area contributed by atoms with Crippen molar-refractivity contribution in [1.82, 2.24) is 15.2 Å². The Morgan fingerprint density at radius 2 is 2.04 bits per heavy atom. The van der Waals surface area contributed by atoms with E-state index in [9.17, 15) is 19.5 Å². The van der Waals surface area contributed by atoms with Crippen LogP contribution in [0.4, 0.5) is 0 Å². The summed E-state index contributed by atoms with van der Waals surface area (Å²) < 4.78 is 5.36. The molecule has 1 unspecified atom stereocenters. The molecule has 0 bridgehead atoms. The molecule has 24 heavy (non-hydrogen) atoms. The Kier molecular flexibility index (Phi) is 3.36. The number of oxazole rings is 1. The zero-order valence-corrected chi connectivity index (χ0v) is 13.2. The van der Waals surface area contributed by atoms with Crippen LogP contribution in [0.25, 0.3) is 0 Å². The fraction of sp³-hybridized carbons (Fsp3) is 0.625. The lowest BCUT2D eigenvalue weighted by Crippen LogP contribution is -2.56. The number of carbonyl (C=O) groups is 3. The SMILES string of the molecule is O=C1CC(C(=O)O)C2(CCN(C(=O)c3ncoc3C3CC3)CC2)N1. The summed E-state index contributed by atoms with van der Waals surface area (Å²) in [4.78, 5) is 41.6. The Bertz CT molecular complexity index is 700. The number of likely N-dealkylation sites (tertiary alicyclic amines) is 1. The van der Waals surface area contributed by atoms with Gasteiger partial charge in [0, 0.05) is 25.4 Å². The minimum atomic E-state index is -0.958. The lowest BCUT2D eigenvalue weighted by Gasteiger charge is -2.41. The molecule has 1 aliphatic carbocycles. The van der Waals surface area contributed by atoms with Gasteiger partial charge in [0.2, 0.25) is 5.91 Å². The van der Waals surface area contributed by atoms with Crippen LogP contribution in [-0.2, 0) is 9.59 Å². The van der Waals surface area contributed by atoms with E-state index in [1.54, 1.807) is 4.90 Å². The Labute approximate surface area is 138 Å². The number of piperidine rings is 1. The lowest BCUT2D eigenvalue weighted by atomic mass is 9.77. The first kappa shape index (κ1) is 15.2. The van der Waals surface area contributed by atoms with E-state index >= 15 is 0 Å². The third-order valence-corrected chi connectivity index (χ3v) is 5.43. The summed E-state index contributed by atoms with van der Waals surface area (Å²) in [6, 6.07) is 0. The second kappa shape index (κ2) is 5.32. The third kappa shape index (κ3) is 2.37. The van der Waals surface area contributed by atoms with E-state index in [-0.39, 0.29) is 18.2 Å². The van der Waals surface area contributed by atoms with Crippen molar-refractivity contribution in [2.75, 3.05) is 13.1 Å². The van der Waals surface area contributed by atoms with Crippen LogP contribution in [0.1, 0.15) is 54.3 Å². The number of hydrogen-bond donors (Lipinski definition) is 2. The molecule has 0 aromatic carbocycles. The molecule has 8 nitrogen and oxygen atoms in total. The van der Waals surface area contributed by atoms with Crippen LogP contribution >= 0.6 is 0 Å². The first-order valence-electron chi connectivity index (χ1n) is 8.27. The van der Waals surface area contributed by atoms with Gasteiger partial charge in [-0.25, -0.2) is 4.98 Å². The van der Waals surface area contributed by atoms with E-state index in [1.807, 2.05) is 0 Å². The fourth-order valence-corrected chi connectivity index (χ4v) is 3.90. The summed E-state index contributed by atoms with van der Waals surface area (Å²) in [5.41, 5.74) is -0.360. The van der Waals surface area contributed by atoms with E-state index < -0.39 is 17.4 Å². The topological polar surface area (TPSA) is 113 Å². The third-order valence-electron chi connectivity index (χ3n) is 5.43. The first-order chi connectivity index (χ1) is 11.5. The molecule has 3 fully saturated rings. The molecule has 1 aromatic rings. The summed E-state index contributed by atoms with van der Waals surface area (Å²) in [6.45, 7) is 0.805. The van der Waals surface area contributed by atoms with Gasteiger partial charge >= 0.3 is 5.97 Å². The highest BCUT2D eigenvalue weighted by Gasteiger charge is 2.52. The molecule has 1 saturated carbocycles. The summed E-state index contributed by atoms with van der Waals surface area (Å²) >= 11 is 0. The number of carboxylic acids is 1. The molecule has 128 valence electrons. The van der Waals surface area contributed by atoms with Crippen molar-refractivity contribution in [1.29, 1.82) is 0 Å². The summed E-state index contributed by atoms with van der Waals surface area (Å²) in [5.74, 6) is -1.12. The number of hydrogen-bond acceptors (Lipinski definition) is 5. The van der Waals surface area contributed by atoms with Crippen molar-refractivity contribution in [2.45, 2.75) is 43.6 Å². The van der Waals surface area contributed by atoms with Crippen molar-refractivity contribution < 1.29 is 23.9 Å². The molecule has 3 heterocycles. The maximum Gasteiger partial charge on any atom is 0.309 e. The predicted octanol–water partition coefficient (Wildman–Crippen LogP) is 0.747. The molecule has 8 heteroatoms. The van der Waals surface area contributed by atoms with Gasteiger partial charge in [-0.3, -0.25) is 14.4 Å². The number of rotatable bonds is 3. The van der Waals surface area contributed by atoms with Gasteiger partial charge in [-0.1, -0.05) is 0 Å². The first-order valence-corrected chi connectivity index (χ1v) is 8.27. The maximum absolute atomic E-state index is 12.7. The number of aromatic nitrogens is 1. The second-order valence-corrected chi connectivity index (χ2v) is 6.93. The minimum Gasteiger partial charge on any atom is -0.481 e. The molecular formula is C16H19N3O5. The van der Waals surface area contributed by atoms with Gasteiger partial charge in [0.05, 0.1) is 11.5 Å². The number of aliphatic carboxylic acids is 1. The average molecular weight is 333 g/mol. The lowest BCUT2D eigenvalue weighted by molar-refractivity contribution is -0.144. The smallest absolute Gasteiger partial charge is 0.309 e. The zero-order valence-electron chi connectivity index (χ0n) is 13.2. The molecular weight excluding hydrogens is 314 g/mol. The van der Waals surface area contributed by atoms with Gasteiger partial charge in [-0.2, -0.15) is 0 Å². The molecule has 3 aliphatic rings. The van der Waals surface area contributed by atoms with Crippen molar-refractivity contribution in [3.63, 3.8) is 0 Å². The van der Waals surface area contributed by atoms with Crippen LogP contribution in [0.2, 0.25) is 0 Å². The van der Waals surface area contributed by atoms with Crippen LogP contribution < -0.4 is 5.32 Å². The highest BCUT2D eigenvalue weighted by molar-refractivity contribution is 5.94. The van der Waals surface area contributed by atoms with Crippen LogP contribution in [-0.4, -0.2) is 51.4 Å². The largest absolute Gasteiger partial charge is 0.481 e. The maximum atomic E-state index is 12.7. The van der Waals surface area contributed by atoms with Crippen LogP contribution in [0.3, 0.4) is 0 Å². The van der Waals surface area contributed by atoms with Crippen molar-refractivity contribution >= 4 is 17.8 Å². The Balaban J connectivity index is 1.48. The number of nitrogens with one attached hydrogen (secondary N) is 1. The summed E-state index contributed by atoms with van der Waals surface area (Å²) in [5, 5.41) is 12.2. The van der Waals surface area contributed by atoms with Crippen LogP contribution in [0.5, 0.6) is 0 Å². The number of nitrogens with zero attached hydrogens (tertiary/aromatic N) is 2. The quantitative estimate of drug-likeness (QED) is 0.844. The van der Waals surface area contributed by atoms with Crippen molar-refractivity contribution in [2.24, 2.45) is 5.92 Å². The predicted molar refractivity (Wildman–Crippen MR) is 80.2 cm³/mol. The zero-order chi connectivity index (χ0) is 16.9. The van der Waals surface area contributed by atoms with Gasteiger partial charge in [0.25, 0.3) is 5.91 Å². The summed E-state index contributed by atoms with van der Waals surface area (Å²) in [6.07, 6.45) is 4.24.